The zero-order valence-electron chi connectivity index (χ0n) is 8.68. The maximum Gasteiger partial charge on any atom is 0.0441 e. The van der Waals surface area contributed by atoms with Gasteiger partial charge in [0.05, 0.1) is 0 Å². The maximum absolute atomic E-state index is 6.20. The molecule has 0 spiro atoms. The molecule has 1 heterocycles. The molecule has 0 radical (unpaired) electrons. The fraction of sp³-hybridized carbons (Fsp3) is 0.500. The highest BCUT2D eigenvalue weighted by molar-refractivity contribution is 6.31. The first-order valence-corrected chi connectivity index (χ1v) is 5.44. The lowest BCUT2D eigenvalue weighted by Gasteiger charge is -2.26. The van der Waals surface area contributed by atoms with E-state index in [1.807, 2.05) is 12.1 Å². The van der Waals surface area contributed by atoms with E-state index >= 15 is 0 Å². The Labute approximate surface area is 90.5 Å². The summed E-state index contributed by atoms with van der Waals surface area (Å²) in [5.74, 6) is 0.538. The van der Waals surface area contributed by atoms with E-state index < -0.39 is 0 Å². The third-order valence-corrected chi connectivity index (χ3v) is 3.50. The fourth-order valence-corrected chi connectivity index (χ4v) is 2.49. The Balaban J connectivity index is 2.36. The summed E-state index contributed by atoms with van der Waals surface area (Å²) in [6.07, 6.45) is 0. The van der Waals surface area contributed by atoms with Gasteiger partial charge in [-0.1, -0.05) is 43.6 Å². The van der Waals surface area contributed by atoms with E-state index in [4.69, 9.17) is 11.6 Å². The van der Waals surface area contributed by atoms with Crippen LogP contribution in [0, 0.1) is 5.41 Å². The summed E-state index contributed by atoms with van der Waals surface area (Å²) in [5, 5.41) is 4.33. The summed E-state index contributed by atoms with van der Waals surface area (Å²) in [6.45, 7) is 6.70. The standard InChI is InChI=1S/C12H16ClN/c1-12(2)8-14-7-10(12)9-5-3-4-6-11(9)13/h3-6,10,14H,7-8H2,1-2H3/t10-/m1/s1. The van der Waals surface area contributed by atoms with Crippen LogP contribution >= 0.6 is 11.6 Å². The topological polar surface area (TPSA) is 12.0 Å². The summed E-state index contributed by atoms with van der Waals surface area (Å²) < 4.78 is 0. The molecule has 0 aromatic heterocycles. The van der Waals surface area contributed by atoms with E-state index in [0.717, 1.165) is 18.1 Å². The van der Waals surface area contributed by atoms with Crippen molar-refractivity contribution in [2.24, 2.45) is 5.41 Å². The highest BCUT2D eigenvalue weighted by atomic mass is 35.5. The zero-order chi connectivity index (χ0) is 10.2. The van der Waals surface area contributed by atoms with E-state index in [1.54, 1.807) is 0 Å². The van der Waals surface area contributed by atoms with Gasteiger partial charge in [0.2, 0.25) is 0 Å². The summed E-state index contributed by atoms with van der Waals surface area (Å²) >= 11 is 6.20. The van der Waals surface area contributed by atoms with Crippen LogP contribution in [0.5, 0.6) is 0 Å². The van der Waals surface area contributed by atoms with E-state index in [2.05, 4.69) is 31.3 Å². The van der Waals surface area contributed by atoms with Crippen molar-refractivity contribution in [3.05, 3.63) is 34.9 Å². The Kier molecular flexibility index (Phi) is 2.54. The van der Waals surface area contributed by atoms with Gasteiger partial charge < -0.3 is 5.32 Å². The molecule has 0 aliphatic carbocycles. The second-order valence-corrected chi connectivity index (χ2v) is 5.10. The predicted octanol–water partition coefficient (Wildman–Crippen LogP) is 3.05. The van der Waals surface area contributed by atoms with Gasteiger partial charge >= 0.3 is 0 Å². The summed E-state index contributed by atoms with van der Waals surface area (Å²) in [7, 11) is 0. The third kappa shape index (κ3) is 1.67. The van der Waals surface area contributed by atoms with Crippen molar-refractivity contribution in [1.82, 2.24) is 5.32 Å². The molecular formula is C12H16ClN. The Bertz CT molecular complexity index is 333. The first kappa shape index (κ1) is 10.0. The minimum Gasteiger partial charge on any atom is -0.316 e. The minimum absolute atomic E-state index is 0.311. The van der Waals surface area contributed by atoms with Crippen molar-refractivity contribution in [1.29, 1.82) is 0 Å². The Morgan fingerprint density at radius 2 is 2.07 bits per heavy atom. The molecule has 2 rings (SSSR count). The molecule has 14 heavy (non-hydrogen) atoms. The molecule has 1 fully saturated rings. The van der Waals surface area contributed by atoms with Crippen LogP contribution in [0.3, 0.4) is 0 Å². The minimum atomic E-state index is 0.311. The molecule has 2 heteroatoms. The van der Waals surface area contributed by atoms with Gasteiger partial charge in [0.15, 0.2) is 0 Å². The lowest BCUT2D eigenvalue weighted by Crippen LogP contribution is -2.20. The molecule has 0 saturated carbocycles. The van der Waals surface area contributed by atoms with Crippen molar-refractivity contribution in [2.75, 3.05) is 13.1 Å². The predicted molar refractivity (Wildman–Crippen MR) is 60.8 cm³/mol. The van der Waals surface area contributed by atoms with Crippen LogP contribution in [0.25, 0.3) is 0 Å². The molecule has 0 unspecified atom stereocenters. The quantitative estimate of drug-likeness (QED) is 0.750. The van der Waals surface area contributed by atoms with Crippen molar-refractivity contribution in [2.45, 2.75) is 19.8 Å². The van der Waals surface area contributed by atoms with Gasteiger partial charge in [-0.3, -0.25) is 0 Å². The smallest absolute Gasteiger partial charge is 0.0441 e. The normalized spacial score (nSPS) is 25.2. The zero-order valence-corrected chi connectivity index (χ0v) is 9.43. The molecular weight excluding hydrogens is 194 g/mol. The number of nitrogens with one attached hydrogen (secondary N) is 1. The van der Waals surface area contributed by atoms with Crippen molar-refractivity contribution in [3.63, 3.8) is 0 Å². The summed E-state index contributed by atoms with van der Waals surface area (Å²) in [5.41, 5.74) is 1.59. The maximum atomic E-state index is 6.20. The number of rotatable bonds is 1. The van der Waals surface area contributed by atoms with Crippen LogP contribution in [0.4, 0.5) is 0 Å². The Morgan fingerprint density at radius 3 is 2.64 bits per heavy atom. The second kappa shape index (κ2) is 3.56. The monoisotopic (exact) mass is 209 g/mol. The molecule has 1 saturated heterocycles. The van der Waals surface area contributed by atoms with Crippen molar-refractivity contribution < 1.29 is 0 Å². The van der Waals surface area contributed by atoms with Crippen molar-refractivity contribution >= 4 is 11.6 Å². The molecule has 1 atom stereocenters. The molecule has 1 N–H and O–H groups in total. The highest BCUT2D eigenvalue weighted by Gasteiger charge is 2.36. The second-order valence-electron chi connectivity index (χ2n) is 4.69. The molecule has 1 aromatic carbocycles. The van der Waals surface area contributed by atoms with E-state index in [9.17, 15) is 0 Å². The van der Waals surface area contributed by atoms with Crippen LogP contribution in [-0.4, -0.2) is 13.1 Å². The van der Waals surface area contributed by atoms with Gasteiger partial charge in [0.25, 0.3) is 0 Å². The number of hydrogen-bond donors (Lipinski definition) is 1. The van der Waals surface area contributed by atoms with Crippen LogP contribution in [0.15, 0.2) is 24.3 Å². The van der Waals surface area contributed by atoms with Crippen LogP contribution < -0.4 is 5.32 Å². The lowest BCUT2D eigenvalue weighted by atomic mass is 9.78. The molecule has 0 bridgehead atoms. The van der Waals surface area contributed by atoms with Gasteiger partial charge in [0, 0.05) is 24.0 Å². The van der Waals surface area contributed by atoms with Gasteiger partial charge in [0.1, 0.15) is 0 Å². The van der Waals surface area contributed by atoms with Crippen LogP contribution in [-0.2, 0) is 0 Å². The van der Waals surface area contributed by atoms with Crippen LogP contribution in [0.1, 0.15) is 25.3 Å². The Morgan fingerprint density at radius 1 is 1.36 bits per heavy atom. The first-order valence-electron chi connectivity index (χ1n) is 5.06. The number of hydrogen-bond acceptors (Lipinski definition) is 1. The van der Waals surface area contributed by atoms with Crippen molar-refractivity contribution in [3.8, 4) is 0 Å². The fourth-order valence-electron chi connectivity index (χ4n) is 2.23. The van der Waals surface area contributed by atoms with E-state index in [-0.39, 0.29) is 0 Å². The van der Waals surface area contributed by atoms with E-state index in [1.165, 1.54) is 5.56 Å². The average Bonchev–Trinajstić information content (AvgIpc) is 2.46. The first-order chi connectivity index (χ1) is 6.61. The number of benzene rings is 1. The average molecular weight is 210 g/mol. The van der Waals surface area contributed by atoms with Crippen LogP contribution in [0.2, 0.25) is 5.02 Å². The van der Waals surface area contributed by atoms with Gasteiger partial charge in [-0.2, -0.15) is 0 Å². The Hall–Kier alpha value is -0.530. The molecule has 1 aromatic rings. The van der Waals surface area contributed by atoms with Gasteiger partial charge in [-0.25, -0.2) is 0 Å². The summed E-state index contributed by atoms with van der Waals surface area (Å²) in [6, 6.07) is 8.17. The summed E-state index contributed by atoms with van der Waals surface area (Å²) in [4.78, 5) is 0. The molecule has 1 nitrogen and oxygen atoms in total. The van der Waals surface area contributed by atoms with Gasteiger partial charge in [-0.05, 0) is 17.0 Å². The molecule has 0 amide bonds. The van der Waals surface area contributed by atoms with Gasteiger partial charge in [-0.15, -0.1) is 0 Å². The largest absolute Gasteiger partial charge is 0.316 e. The molecule has 1 aliphatic heterocycles. The molecule has 76 valence electrons. The third-order valence-electron chi connectivity index (χ3n) is 3.15. The van der Waals surface area contributed by atoms with E-state index in [0.29, 0.717) is 11.3 Å². The highest BCUT2D eigenvalue weighted by Crippen LogP contribution is 2.40. The lowest BCUT2D eigenvalue weighted by molar-refractivity contribution is 0.363. The molecule has 1 aliphatic rings. The number of halogens is 1. The SMILES string of the molecule is CC1(C)CNC[C@@H]1c1ccccc1Cl.